The lowest BCUT2D eigenvalue weighted by molar-refractivity contribution is 0.0841. The Morgan fingerprint density at radius 3 is 2.78 bits per heavy atom. The van der Waals surface area contributed by atoms with Crippen molar-refractivity contribution in [1.29, 1.82) is 0 Å². The Morgan fingerprint density at radius 1 is 1.33 bits per heavy atom. The van der Waals surface area contributed by atoms with Gasteiger partial charge < -0.3 is 5.32 Å². The average Bonchev–Trinajstić information content (AvgIpc) is 2.77. The Balaban J connectivity index is 1.86. The van der Waals surface area contributed by atoms with Gasteiger partial charge in [0.25, 0.3) is 0 Å². The zero-order chi connectivity index (χ0) is 13.0. The van der Waals surface area contributed by atoms with E-state index < -0.39 is 0 Å². The first-order chi connectivity index (χ1) is 8.72. The molecule has 0 amide bonds. The quantitative estimate of drug-likeness (QED) is 0.880. The number of likely N-dealkylation sites (N-methyl/N-ethyl adjacent to an activating group) is 1. The number of hydrogen-bond donors (Lipinski definition) is 1. The van der Waals surface area contributed by atoms with Gasteiger partial charge >= 0.3 is 0 Å². The van der Waals surface area contributed by atoms with Crippen LogP contribution >= 0.6 is 11.3 Å². The van der Waals surface area contributed by atoms with Crippen LogP contribution in [-0.2, 0) is 13.1 Å². The van der Waals surface area contributed by atoms with Crippen molar-refractivity contribution in [3.05, 3.63) is 21.9 Å². The van der Waals surface area contributed by atoms with Crippen LogP contribution in [0.4, 0.5) is 0 Å². The minimum Gasteiger partial charge on any atom is -0.315 e. The summed E-state index contributed by atoms with van der Waals surface area (Å²) in [5.74, 6) is 0. The molecule has 0 bridgehead atoms. The lowest BCUT2D eigenvalue weighted by atomic mass is 10.2. The Kier molecular flexibility index (Phi) is 5.18. The zero-order valence-corrected chi connectivity index (χ0v) is 12.6. The molecule has 1 saturated heterocycles. The molecule has 1 aromatic rings. The van der Waals surface area contributed by atoms with Gasteiger partial charge in [0, 0.05) is 48.5 Å². The minimum atomic E-state index is 0.695. The van der Waals surface area contributed by atoms with E-state index in [0.717, 1.165) is 13.1 Å². The first-order valence-corrected chi connectivity index (χ1v) is 7.73. The Morgan fingerprint density at radius 2 is 2.11 bits per heavy atom. The fourth-order valence-electron chi connectivity index (χ4n) is 2.68. The monoisotopic (exact) mass is 267 g/mol. The number of thiophene rings is 1. The average molecular weight is 267 g/mol. The SMILES string of the molecule is CCN1CCN(Cc2ccc(CNC)s2)CC1C. The summed E-state index contributed by atoms with van der Waals surface area (Å²) in [5, 5.41) is 3.21. The largest absolute Gasteiger partial charge is 0.315 e. The molecular formula is C14H25N3S. The Bertz CT molecular complexity index is 364. The summed E-state index contributed by atoms with van der Waals surface area (Å²) in [5.41, 5.74) is 0. The molecule has 4 heteroatoms. The molecule has 0 radical (unpaired) electrons. The van der Waals surface area contributed by atoms with Crippen molar-refractivity contribution in [2.75, 3.05) is 33.2 Å². The van der Waals surface area contributed by atoms with Crippen molar-refractivity contribution in [3.8, 4) is 0 Å². The molecule has 1 unspecified atom stereocenters. The minimum absolute atomic E-state index is 0.695. The molecule has 2 heterocycles. The van der Waals surface area contributed by atoms with Gasteiger partial charge in [0.1, 0.15) is 0 Å². The highest BCUT2D eigenvalue weighted by Crippen LogP contribution is 2.20. The number of nitrogens with one attached hydrogen (secondary N) is 1. The fourth-order valence-corrected chi connectivity index (χ4v) is 3.75. The normalized spacial score (nSPS) is 22.5. The van der Waals surface area contributed by atoms with Gasteiger partial charge in [-0.2, -0.15) is 0 Å². The van der Waals surface area contributed by atoms with Gasteiger partial charge in [0.05, 0.1) is 0 Å². The van der Waals surface area contributed by atoms with Crippen LogP contribution < -0.4 is 5.32 Å². The number of rotatable bonds is 5. The summed E-state index contributed by atoms with van der Waals surface area (Å²) in [6.07, 6.45) is 0. The molecule has 2 rings (SSSR count). The highest BCUT2D eigenvalue weighted by molar-refractivity contribution is 7.11. The van der Waals surface area contributed by atoms with E-state index in [4.69, 9.17) is 0 Å². The third-order valence-electron chi connectivity index (χ3n) is 3.70. The van der Waals surface area contributed by atoms with Crippen molar-refractivity contribution in [1.82, 2.24) is 15.1 Å². The van der Waals surface area contributed by atoms with Crippen molar-refractivity contribution in [2.45, 2.75) is 33.0 Å². The van der Waals surface area contributed by atoms with Gasteiger partial charge in [0.15, 0.2) is 0 Å². The molecule has 1 atom stereocenters. The lowest BCUT2D eigenvalue weighted by Crippen LogP contribution is -2.51. The van der Waals surface area contributed by atoms with E-state index in [2.05, 4.69) is 41.1 Å². The van der Waals surface area contributed by atoms with Crippen LogP contribution in [-0.4, -0.2) is 49.1 Å². The maximum atomic E-state index is 3.21. The maximum absolute atomic E-state index is 3.21. The van der Waals surface area contributed by atoms with Crippen molar-refractivity contribution in [2.24, 2.45) is 0 Å². The van der Waals surface area contributed by atoms with E-state index in [1.807, 2.05) is 18.4 Å². The molecular weight excluding hydrogens is 242 g/mol. The highest BCUT2D eigenvalue weighted by Gasteiger charge is 2.22. The molecule has 1 aliphatic rings. The molecule has 0 aromatic carbocycles. The molecule has 1 aliphatic heterocycles. The molecule has 18 heavy (non-hydrogen) atoms. The highest BCUT2D eigenvalue weighted by atomic mass is 32.1. The molecule has 3 nitrogen and oxygen atoms in total. The summed E-state index contributed by atoms with van der Waals surface area (Å²) >= 11 is 1.94. The molecule has 102 valence electrons. The van der Waals surface area contributed by atoms with E-state index in [-0.39, 0.29) is 0 Å². The van der Waals surface area contributed by atoms with Gasteiger partial charge in [-0.3, -0.25) is 9.80 Å². The van der Waals surface area contributed by atoms with Crippen LogP contribution in [0.1, 0.15) is 23.6 Å². The standard InChI is InChI=1S/C14H25N3S/c1-4-17-8-7-16(10-12(17)2)11-14-6-5-13(18-14)9-15-3/h5-6,12,15H,4,7-11H2,1-3H3. The maximum Gasteiger partial charge on any atom is 0.0329 e. The zero-order valence-electron chi connectivity index (χ0n) is 11.8. The molecule has 1 N–H and O–H groups in total. The van der Waals surface area contributed by atoms with E-state index in [0.29, 0.717) is 6.04 Å². The smallest absolute Gasteiger partial charge is 0.0329 e. The first-order valence-electron chi connectivity index (χ1n) is 6.91. The van der Waals surface area contributed by atoms with Gasteiger partial charge in [-0.15, -0.1) is 11.3 Å². The third kappa shape index (κ3) is 3.54. The van der Waals surface area contributed by atoms with Crippen molar-refractivity contribution in [3.63, 3.8) is 0 Å². The number of hydrogen-bond acceptors (Lipinski definition) is 4. The van der Waals surface area contributed by atoms with E-state index in [1.165, 1.54) is 35.9 Å². The van der Waals surface area contributed by atoms with Crippen molar-refractivity contribution >= 4 is 11.3 Å². The van der Waals surface area contributed by atoms with Gasteiger partial charge in [0.2, 0.25) is 0 Å². The first kappa shape index (κ1) is 14.0. The summed E-state index contributed by atoms with van der Waals surface area (Å²) in [6, 6.07) is 5.23. The second-order valence-corrected chi connectivity index (χ2v) is 6.36. The second-order valence-electron chi connectivity index (χ2n) is 5.11. The van der Waals surface area contributed by atoms with Gasteiger partial charge in [-0.05, 0) is 32.6 Å². The molecule has 1 aromatic heterocycles. The molecule has 0 saturated carbocycles. The predicted octanol–water partition coefficient (Wildman–Crippen LogP) is 1.99. The summed E-state index contributed by atoms with van der Waals surface area (Å²) in [7, 11) is 2.01. The summed E-state index contributed by atoms with van der Waals surface area (Å²) in [6.45, 7) is 11.5. The van der Waals surface area contributed by atoms with Crippen molar-refractivity contribution < 1.29 is 0 Å². The summed E-state index contributed by atoms with van der Waals surface area (Å²) < 4.78 is 0. The van der Waals surface area contributed by atoms with Crippen LogP contribution in [0.2, 0.25) is 0 Å². The van der Waals surface area contributed by atoms with Crippen LogP contribution in [0.3, 0.4) is 0 Å². The van der Waals surface area contributed by atoms with Crippen LogP contribution in [0.5, 0.6) is 0 Å². The van der Waals surface area contributed by atoms with Crippen LogP contribution in [0, 0.1) is 0 Å². The van der Waals surface area contributed by atoms with Gasteiger partial charge in [-0.1, -0.05) is 6.92 Å². The third-order valence-corrected chi connectivity index (χ3v) is 4.77. The topological polar surface area (TPSA) is 18.5 Å². The van der Waals surface area contributed by atoms with Gasteiger partial charge in [-0.25, -0.2) is 0 Å². The number of nitrogens with zero attached hydrogens (tertiary/aromatic N) is 2. The Labute approximate surface area is 115 Å². The van der Waals surface area contributed by atoms with E-state index in [1.54, 1.807) is 0 Å². The molecule has 0 spiro atoms. The Hall–Kier alpha value is -0.420. The molecule has 0 aliphatic carbocycles. The fraction of sp³-hybridized carbons (Fsp3) is 0.714. The van der Waals surface area contributed by atoms with E-state index >= 15 is 0 Å². The summed E-state index contributed by atoms with van der Waals surface area (Å²) in [4.78, 5) is 8.09. The van der Waals surface area contributed by atoms with Crippen LogP contribution in [0.15, 0.2) is 12.1 Å². The van der Waals surface area contributed by atoms with Crippen LogP contribution in [0.25, 0.3) is 0 Å². The lowest BCUT2D eigenvalue weighted by Gasteiger charge is -2.39. The second kappa shape index (κ2) is 6.66. The van der Waals surface area contributed by atoms with E-state index in [9.17, 15) is 0 Å². The number of piperazine rings is 1. The predicted molar refractivity (Wildman–Crippen MR) is 79.1 cm³/mol. The molecule has 1 fully saturated rings.